The van der Waals surface area contributed by atoms with Gasteiger partial charge in [0.2, 0.25) is 0 Å². The highest BCUT2D eigenvalue weighted by Crippen LogP contribution is 2.46. The van der Waals surface area contributed by atoms with E-state index in [1.807, 2.05) is 18.2 Å². The third kappa shape index (κ3) is 9.29. The molecular formula is C51H61N3OSi. The summed E-state index contributed by atoms with van der Waals surface area (Å²) in [6, 6.07) is 33.4. The molecule has 1 aliphatic heterocycles. The number of rotatable bonds is 6. The quantitative estimate of drug-likeness (QED) is 0.145. The fourth-order valence-corrected chi connectivity index (χ4v) is 7.97. The van der Waals surface area contributed by atoms with Crippen LogP contribution >= 0.6 is 0 Å². The Morgan fingerprint density at radius 1 is 0.589 bits per heavy atom. The van der Waals surface area contributed by atoms with Crippen molar-refractivity contribution in [1.29, 1.82) is 10.5 Å². The third-order valence-corrected chi connectivity index (χ3v) is 12.6. The largest absolute Gasteiger partial charge is 0.456 e. The summed E-state index contributed by atoms with van der Waals surface area (Å²) in [6.07, 6.45) is 5.79. The number of benzene rings is 4. The van der Waals surface area contributed by atoms with E-state index in [4.69, 9.17) is 4.74 Å². The molecule has 0 bridgehead atoms. The van der Waals surface area contributed by atoms with E-state index >= 15 is 0 Å². The second kappa shape index (κ2) is 15.1. The molecular weight excluding hydrogens is 699 g/mol. The van der Waals surface area contributed by atoms with Crippen LogP contribution in [0.25, 0.3) is 11.6 Å². The number of fused-ring (bicyclic) bond motifs is 1. The van der Waals surface area contributed by atoms with Crippen LogP contribution in [0.3, 0.4) is 0 Å². The molecule has 56 heavy (non-hydrogen) atoms. The second-order valence-corrected chi connectivity index (χ2v) is 25.5. The molecule has 290 valence electrons. The van der Waals surface area contributed by atoms with Crippen LogP contribution in [0.4, 0.5) is 17.1 Å². The molecule has 4 nitrogen and oxygen atoms in total. The minimum Gasteiger partial charge on any atom is -0.456 e. The van der Waals surface area contributed by atoms with Crippen molar-refractivity contribution in [1.82, 2.24) is 0 Å². The lowest BCUT2D eigenvalue weighted by Gasteiger charge is -2.31. The molecule has 4 aromatic carbocycles. The third-order valence-electron chi connectivity index (χ3n) is 10.5. The summed E-state index contributed by atoms with van der Waals surface area (Å²) < 4.78 is 6.65. The van der Waals surface area contributed by atoms with Crippen molar-refractivity contribution in [2.45, 2.75) is 124 Å². The van der Waals surface area contributed by atoms with Gasteiger partial charge in [0, 0.05) is 33.8 Å². The molecule has 5 rings (SSSR count). The topological polar surface area (TPSA) is 60.0 Å². The summed E-state index contributed by atoms with van der Waals surface area (Å²) >= 11 is 0. The van der Waals surface area contributed by atoms with Crippen LogP contribution in [0.5, 0.6) is 5.75 Å². The number of ether oxygens (including phenoxy) is 1. The molecule has 0 amide bonds. The lowest BCUT2D eigenvalue weighted by atomic mass is 9.77. The molecule has 0 saturated carbocycles. The van der Waals surface area contributed by atoms with E-state index in [2.05, 4.69) is 199 Å². The van der Waals surface area contributed by atoms with E-state index in [0.717, 1.165) is 39.3 Å². The maximum Gasteiger partial charge on any atom is 0.139 e. The first-order valence-corrected chi connectivity index (χ1v) is 23.3. The van der Waals surface area contributed by atoms with Crippen LogP contribution in [-0.2, 0) is 21.7 Å². The van der Waals surface area contributed by atoms with Crippen molar-refractivity contribution in [3.05, 3.63) is 136 Å². The number of hydrogen-bond donors (Lipinski definition) is 0. The first-order valence-electron chi connectivity index (χ1n) is 19.8. The standard InChI is InChI=1S/C51H61N3OSi/c1-48(2,3)36-26-37(49(4,5)6)28-41(27-36)54(40-21-24-43(25-22-40)56(13,14)15)39-19-16-34(17-20-39)18-23-42-31-44(35(32-52)33-53)45-29-38(50(7,8)9)30-46(47(45)55-42)51(10,11)12/h16-31H,1-15H3/b23-18+. The van der Waals surface area contributed by atoms with Crippen molar-refractivity contribution in [2.75, 3.05) is 4.90 Å². The first kappa shape index (κ1) is 42.0. The van der Waals surface area contributed by atoms with Gasteiger partial charge in [-0.05, 0) is 98.5 Å². The summed E-state index contributed by atoms with van der Waals surface area (Å²) in [5, 5.41) is 21.5. The summed E-state index contributed by atoms with van der Waals surface area (Å²) in [6.45, 7) is 33.9. The van der Waals surface area contributed by atoms with Gasteiger partial charge < -0.3 is 9.64 Å². The zero-order valence-electron chi connectivity index (χ0n) is 36.5. The van der Waals surface area contributed by atoms with Crippen LogP contribution in [0.1, 0.15) is 116 Å². The highest BCUT2D eigenvalue weighted by atomic mass is 28.3. The van der Waals surface area contributed by atoms with Gasteiger partial charge in [0.25, 0.3) is 0 Å². The molecule has 0 N–H and O–H groups in total. The highest BCUT2D eigenvalue weighted by Gasteiger charge is 2.31. The molecule has 0 unspecified atom stereocenters. The van der Waals surface area contributed by atoms with Gasteiger partial charge in [0.15, 0.2) is 0 Å². The molecule has 0 aromatic heterocycles. The van der Waals surface area contributed by atoms with Crippen LogP contribution in [0, 0.1) is 22.7 Å². The molecule has 1 aliphatic rings. The van der Waals surface area contributed by atoms with Gasteiger partial charge in [-0.2, -0.15) is 10.5 Å². The number of nitriles is 2. The Morgan fingerprint density at radius 2 is 1.07 bits per heavy atom. The summed E-state index contributed by atoms with van der Waals surface area (Å²) in [5.74, 6) is 1.27. The average Bonchev–Trinajstić information content (AvgIpc) is 3.09. The van der Waals surface area contributed by atoms with E-state index in [0.29, 0.717) is 17.1 Å². The molecule has 0 aliphatic carbocycles. The molecule has 1 heterocycles. The Morgan fingerprint density at radius 3 is 1.52 bits per heavy atom. The Labute approximate surface area is 338 Å². The van der Waals surface area contributed by atoms with Gasteiger partial charge in [-0.3, -0.25) is 0 Å². The predicted octanol–water partition coefficient (Wildman–Crippen LogP) is 13.7. The minimum atomic E-state index is -1.48. The van der Waals surface area contributed by atoms with Crippen molar-refractivity contribution in [3.8, 4) is 17.9 Å². The van der Waals surface area contributed by atoms with Gasteiger partial charge in [-0.15, -0.1) is 0 Å². The SMILES string of the molecule is CC(C)(C)c1cc(N(c2ccc(/C=C/C3=CC(=C(C#N)C#N)c4cc(C(C)(C)C)cc(C(C)(C)C)c4O3)cc2)c2ccc([Si](C)(C)C)cc2)cc(C(C)(C)C)c1. The van der Waals surface area contributed by atoms with E-state index in [1.165, 1.54) is 16.3 Å². The minimum absolute atomic E-state index is 0.0206. The molecule has 5 heteroatoms. The van der Waals surface area contributed by atoms with Gasteiger partial charge in [0.05, 0.1) is 8.07 Å². The number of anilines is 3. The van der Waals surface area contributed by atoms with Crippen LogP contribution < -0.4 is 14.8 Å². The zero-order chi connectivity index (χ0) is 41.6. The number of allylic oxidation sites excluding steroid dienone is 4. The smallest absolute Gasteiger partial charge is 0.139 e. The maximum absolute atomic E-state index is 10.0. The molecule has 0 fully saturated rings. The Balaban J connectivity index is 1.60. The molecule has 0 radical (unpaired) electrons. The van der Waals surface area contributed by atoms with Gasteiger partial charge in [0.1, 0.15) is 29.2 Å². The lowest BCUT2D eigenvalue weighted by Crippen LogP contribution is -2.37. The van der Waals surface area contributed by atoms with E-state index < -0.39 is 8.07 Å². The van der Waals surface area contributed by atoms with Crippen molar-refractivity contribution in [2.24, 2.45) is 0 Å². The first-order chi connectivity index (χ1) is 25.8. The average molecular weight is 760 g/mol. The predicted molar refractivity (Wildman–Crippen MR) is 241 cm³/mol. The zero-order valence-corrected chi connectivity index (χ0v) is 37.5. The second-order valence-electron chi connectivity index (χ2n) is 20.4. The van der Waals surface area contributed by atoms with Crippen LogP contribution in [0.2, 0.25) is 19.6 Å². The van der Waals surface area contributed by atoms with E-state index in [9.17, 15) is 10.5 Å². The van der Waals surface area contributed by atoms with Crippen molar-refractivity contribution in [3.63, 3.8) is 0 Å². The molecule has 4 aromatic rings. The molecule has 0 saturated heterocycles. The normalized spacial score (nSPS) is 13.7. The van der Waals surface area contributed by atoms with E-state index in [1.54, 1.807) is 0 Å². The van der Waals surface area contributed by atoms with E-state index in [-0.39, 0.29) is 27.2 Å². The monoisotopic (exact) mass is 759 g/mol. The van der Waals surface area contributed by atoms with Crippen LogP contribution in [-0.4, -0.2) is 8.07 Å². The Bertz CT molecular complexity index is 2240. The summed E-state index contributed by atoms with van der Waals surface area (Å²) in [7, 11) is -1.48. The highest BCUT2D eigenvalue weighted by molar-refractivity contribution is 6.88. The Hall–Kier alpha value is -5.10. The number of hydrogen-bond acceptors (Lipinski definition) is 4. The summed E-state index contributed by atoms with van der Waals surface area (Å²) in [4.78, 5) is 2.37. The molecule has 0 spiro atoms. The fraction of sp³-hybridized carbons (Fsp3) is 0.373. The summed E-state index contributed by atoms with van der Waals surface area (Å²) in [5.41, 5.74) is 10.1. The van der Waals surface area contributed by atoms with Gasteiger partial charge >= 0.3 is 0 Å². The Kier molecular flexibility index (Phi) is 11.3. The van der Waals surface area contributed by atoms with Gasteiger partial charge in [-0.1, -0.05) is 150 Å². The fourth-order valence-electron chi connectivity index (χ4n) is 6.81. The van der Waals surface area contributed by atoms with Crippen molar-refractivity contribution >= 4 is 42.0 Å². The molecule has 0 atom stereocenters. The van der Waals surface area contributed by atoms with Crippen molar-refractivity contribution < 1.29 is 4.74 Å². The lowest BCUT2D eigenvalue weighted by molar-refractivity contribution is 0.418. The maximum atomic E-state index is 10.0. The van der Waals surface area contributed by atoms with Crippen LogP contribution in [0.15, 0.2) is 102 Å². The number of nitrogens with zero attached hydrogens (tertiary/aromatic N) is 3. The van der Waals surface area contributed by atoms with Gasteiger partial charge in [-0.25, -0.2) is 0 Å².